The summed E-state index contributed by atoms with van der Waals surface area (Å²) >= 11 is 0. The van der Waals surface area contributed by atoms with Gasteiger partial charge >= 0.3 is 6.09 Å². The van der Waals surface area contributed by atoms with Gasteiger partial charge in [-0.25, -0.2) is 9.18 Å². The van der Waals surface area contributed by atoms with Gasteiger partial charge in [-0.05, 0) is 24.1 Å². The molecule has 10 heteroatoms. The molecule has 9 nitrogen and oxygen atoms in total. The van der Waals surface area contributed by atoms with Gasteiger partial charge in [0.15, 0.2) is 0 Å². The molecule has 0 spiro atoms. The molecule has 29 heavy (non-hydrogen) atoms. The Balaban J connectivity index is 1.67. The van der Waals surface area contributed by atoms with Crippen LogP contribution in [0.5, 0.6) is 0 Å². The van der Waals surface area contributed by atoms with Gasteiger partial charge in [0.25, 0.3) is 0 Å². The molecular weight excluding hydrogens is 383 g/mol. The summed E-state index contributed by atoms with van der Waals surface area (Å²) in [7, 11) is 0. The highest BCUT2D eigenvalue weighted by Gasteiger charge is 2.34. The van der Waals surface area contributed by atoms with Gasteiger partial charge in [0, 0.05) is 20.0 Å². The average Bonchev–Trinajstić information content (AvgIpc) is 3.22. The van der Waals surface area contributed by atoms with Crippen LogP contribution in [0.15, 0.2) is 18.2 Å². The zero-order chi connectivity index (χ0) is 21.1. The predicted octanol–water partition coefficient (Wildman–Crippen LogP) is 0.220. The molecule has 3 N–H and O–H groups in total. The highest BCUT2D eigenvalue weighted by Crippen LogP contribution is 2.31. The van der Waals surface area contributed by atoms with E-state index in [1.807, 2.05) is 11.8 Å². The molecule has 0 aromatic heterocycles. The van der Waals surface area contributed by atoms with Gasteiger partial charge in [-0.3, -0.25) is 14.5 Å². The van der Waals surface area contributed by atoms with Crippen molar-refractivity contribution in [3.8, 4) is 0 Å². The minimum atomic E-state index is -0.589. The minimum absolute atomic E-state index is 0.0904. The van der Waals surface area contributed by atoms with Crippen LogP contribution in [0.3, 0.4) is 0 Å². The summed E-state index contributed by atoms with van der Waals surface area (Å²) in [5.74, 6) is -1.07. The van der Waals surface area contributed by atoms with E-state index in [2.05, 4.69) is 10.6 Å². The Morgan fingerprint density at radius 3 is 2.72 bits per heavy atom. The largest absolute Gasteiger partial charge is 0.442 e. The SMILES string of the molecule is CC(=O)NC[C@H]1CN(c2ccc(N3C[C@H](NC(=O)CO)[C@@H](C)C3)c(F)c2)C(=O)O1. The molecule has 2 heterocycles. The third-order valence-electron chi connectivity index (χ3n) is 5.14. The zero-order valence-corrected chi connectivity index (χ0v) is 16.4. The molecule has 2 fully saturated rings. The van der Waals surface area contributed by atoms with Gasteiger partial charge in [-0.15, -0.1) is 0 Å². The first-order chi connectivity index (χ1) is 13.8. The first-order valence-corrected chi connectivity index (χ1v) is 9.45. The standard InChI is InChI=1S/C19H25FN4O5/c1-11-7-23(9-16(11)22-18(27)10-25)17-4-3-13(5-15(17)20)24-8-14(29-19(24)28)6-21-12(2)26/h3-5,11,14,16,25H,6-10H2,1-2H3,(H,21,26)(H,22,27)/t11-,14-,16-/m0/s1. The number of rotatable bonds is 6. The van der Waals surface area contributed by atoms with Crippen LogP contribution in [0.25, 0.3) is 0 Å². The van der Waals surface area contributed by atoms with Gasteiger partial charge in [0.05, 0.1) is 30.5 Å². The number of aliphatic hydroxyl groups is 1. The van der Waals surface area contributed by atoms with Gasteiger partial charge < -0.3 is 25.4 Å². The fourth-order valence-electron chi connectivity index (χ4n) is 3.62. The maximum atomic E-state index is 14.8. The number of nitrogens with one attached hydrogen (secondary N) is 2. The van der Waals surface area contributed by atoms with Crippen molar-refractivity contribution in [2.45, 2.75) is 26.0 Å². The molecule has 0 bridgehead atoms. The van der Waals surface area contributed by atoms with Crippen molar-refractivity contribution < 1.29 is 28.6 Å². The maximum Gasteiger partial charge on any atom is 0.414 e. The van der Waals surface area contributed by atoms with Crippen LogP contribution >= 0.6 is 0 Å². The number of carbonyl (C=O) groups is 3. The molecular formula is C19H25FN4O5. The number of aliphatic hydroxyl groups excluding tert-OH is 1. The van der Waals surface area contributed by atoms with Crippen molar-refractivity contribution in [2.24, 2.45) is 5.92 Å². The number of anilines is 2. The van der Waals surface area contributed by atoms with Gasteiger partial charge in [-0.2, -0.15) is 0 Å². The van der Waals surface area contributed by atoms with E-state index in [0.29, 0.717) is 24.5 Å². The smallest absolute Gasteiger partial charge is 0.414 e. The van der Waals surface area contributed by atoms with E-state index in [1.54, 1.807) is 12.1 Å². The number of amides is 3. The van der Waals surface area contributed by atoms with Gasteiger partial charge in [0.1, 0.15) is 18.5 Å². The number of cyclic esters (lactones) is 1. The number of carbonyl (C=O) groups excluding carboxylic acids is 3. The topological polar surface area (TPSA) is 111 Å². The van der Waals surface area contributed by atoms with E-state index in [0.717, 1.165) is 0 Å². The summed E-state index contributed by atoms with van der Waals surface area (Å²) in [5, 5.41) is 14.2. The average molecular weight is 408 g/mol. The Morgan fingerprint density at radius 1 is 1.31 bits per heavy atom. The second kappa shape index (κ2) is 8.64. The Bertz CT molecular complexity index is 805. The number of halogens is 1. The van der Waals surface area contributed by atoms with Crippen LogP contribution in [0, 0.1) is 11.7 Å². The van der Waals surface area contributed by atoms with Gasteiger partial charge in [-0.1, -0.05) is 6.92 Å². The third kappa shape index (κ3) is 4.76. The zero-order valence-electron chi connectivity index (χ0n) is 16.4. The van der Waals surface area contributed by atoms with Crippen LogP contribution < -0.4 is 20.4 Å². The maximum absolute atomic E-state index is 14.8. The fourth-order valence-corrected chi connectivity index (χ4v) is 3.62. The Morgan fingerprint density at radius 2 is 2.07 bits per heavy atom. The second-order valence-electron chi connectivity index (χ2n) is 7.40. The predicted molar refractivity (Wildman–Crippen MR) is 103 cm³/mol. The number of hydrogen-bond donors (Lipinski definition) is 3. The number of ether oxygens (including phenoxy) is 1. The van der Waals surface area contributed by atoms with Crippen LogP contribution in [-0.4, -0.2) is 67.9 Å². The molecule has 2 saturated heterocycles. The van der Waals surface area contributed by atoms with E-state index in [1.165, 1.54) is 17.9 Å². The van der Waals surface area contributed by atoms with Crippen molar-refractivity contribution in [3.63, 3.8) is 0 Å². The molecule has 158 valence electrons. The molecule has 3 atom stereocenters. The van der Waals surface area contributed by atoms with Crippen molar-refractivity contribution in [2.75, 3.05) is 42.6 Å². The molecule has 1 aromatic rings. The molecule has 0 aliphatic carbocycles. The van der Waals surface area contributed by atoms with E-state index < -0.39 is 30.5 Å². The highest BCUT2D eigenvalue weighted by molar-refractivity contribution is 5.90. The normalized spacial score (nSPS) is 23.9. The van der Waals surface area contributed by atoms with Crippen LogP contribution in [0.4, 0.5) is 20.6 Å². The van der Waals surface area contributed by atoms with Crippen LogP contribution in [0.2, 0.25) is 0 Å². The summed E-state index contributed by atoms with van der Waals surface area (Å²) in [4.78, 5) is 37.7. The summed E-state index contributed by atoms with van der Waals surface area (Å²) in [5.41, 5.74) is 0.752. The molecule has 0 unspecified atom stereocenters. The lowest BCUT2D eigenvalue weighted by Crippen LogP contribution is -2.41. The number of hydrogen-bond acceptors (Lipinski definition) is 6. The van der Waals surface area contributed by atoms with Crippen LogP contribution in [0.1, 0.15) is 13.8 Å². The monoisotopic (exact) mass is 408 g/mol. The first kappa shape index (κ1) is 20.8. The number of nitrogens with zero attached hydrogens (tertiary/aromatic N) is 2. The second-order valence-corrected chi connectivity index (χ2v) is 7.40. The minimum Gasteiger partial charge on any atom is -0.442 e. The molecule has 1 aromatic carbocycles. The Kier molecular flexibility index (Phi) is 6.21. The van der Waals surface area contributed by atoms with Crippen molar-refractivity contribution in [3.05, 3.63) is 24.0 Å². The van der Waals surface area contributed by atoms with E-state index in [-0.39, 0.29) is 31.0 Å². The molecule has 3 rings (SSSR count). The molecule has 0 saturated carbocycles. The molecule has 2 aliphatic heterocycles. The van der Waals surface area contributed by atoms with E-state index in [9.17, 15) is 18.8 Å². The lowest BCUT2D eigenvalue weighted by molar-refractivity contribution is -0.124. The van der Waals surface area contributed by atoms with Crippen molar-refractivity contribution in [1.29, 1.82) is 0 Å². The summed E-state index contributed by atoms with van der Waals surface area (Å²) in [6.45, 7) is 4.14. The summed E-state index contributed by atoms with van der Waals surface area (Å²) in [6, 6.07) is 4.34. The summed E-state index contributed by atoms with van der Waals surface area (Å²) in [6.07, 6.45) is -1.08. The van der Waals surface area contributed by atoms with E-state index >= 15 is 0 Å². The lowest BCUT2D eigenvalue weighted by Gasteiger charge is -2.21. The summed E-state index contributed by atoms with van der Waals surface area (Å²) < 4.78 is 20.0. The Hall–Kier alpha value is -2.88. The lowest BCUT2D eigenvalue weighted by atomic mass is 10.1. The molecule has 0 radical (unpaired) electrons. The quantitative estimate of drug-likeness (QED) is 0.621. The van der Waals surface area contributed by atoms with Gasteiger partial charge in [0.2, 0.25) is 11.8 Å². The highest BCUT2D eigenvalue weighted by atomic mass is 19.1. The number of benzene rings is 1. The fraction of sp³-hybridized carbons (Fsp3) is 0.526. The third-order valence-corrected chi connectivity index (χ3v) is 5.14. The molecule has 3 amide bonds. The molecule has 2 aliphatic rings. The van der Waals surface area contributed by atoms with Crippen LogP contribution in [-0.2, 0) is 14.3 Å². The van der Waals surface area contributed by atoms with E-state index in [4.69, 9.17) is 9.84 Å². The Labute approximate surface area is 167 Å². The first-order valence-electron chi connectivity index (χ1n) is 9.45. The van der Waals surface area contributed by atoms with Crippen molar-refractivity contribution in [1.82, 2.24) is 10.6 Å². The van der Waals surface area contributed by atoms with Crippen molar-refractivity contribution >= 4 is 29.3 Å².